The zero-order chi connectivity index (χ0) is 18.5. The highest BCUT2D eigenvalue weighted by Gasteiger charge is 2.51. The van der Waals surface area contributed by atoms with Crippen LogP contribution in [-0.4, -0.2) is 35.5 Å². The summed E-state index contributed by atoms with van der Waals surface area (Å²) in [5, 5.41) is 0. The zero-order valence-corrected chi connectivity index (χ0v) is 14.8. The highest BCUT2D eigenvalue weighted by Crippen LogP contribution is 2.42. The number of fused-ring (bicyclic) bond motifs is 3. The van der Waals surface area contributed by atoms with Gasteiger partial charge in [0.15, 0.2) is 5.60 Å². The molecule has 1 saturated heterocycles. The summed E-state index contributed by atoms with van der Waals surface area (Å²) in [6.07, 6.45) is 1.95. The second kappa shape index (κ2) is 5.86. The van der Waals surface area contributed by atoms with Crippen LogP contribution in [0.4, 0.5) is 0 Å². The number of esters is 2. The molecule has 3 aliphatic heterocycles. The van der Waals surface area contributed by atoms with Crippen LogP contribution in [0.3, 0.4) is 0 Å². The topological polar surface area (TPSA) is 78.9 Å². The van der Waals surface area contributed by atoms with Crippen LogP contribution in [0.5, 0.6) is 0 Å². The molecule has 6 nitrogen and oxygen atoms in total. The fraction of sp³-hybridized carbons (Fsp3) is 0.526. The third-order valence-corrected chi connectivity index (χ3v) is 4.91. The minimum absolute atomic E-state index is 0.127. The first-order chi connectivity index (χ1) is 11.6. The quantitative estimate of drug-likeness (QED) is 0.564. The van der Waals surface area contributed by atoms with Crippen molar-refractivity contribution in [3.8, 4) is 0 Å². The van der Waals surface area contributed by atoms with Gasteiger partial charge in [0.1, 0.15) is 18.0 Å². The van der Waals surface area contributed by atoms with Gasteiger partial charge in [-0.3, -0.25) is 9.59 Å². The van der Waals surface area contributed by atoms with Crippen molar-refractivity contribution in [2.24, 2.45) is 11.8 Å². The maximum atomic E-state index is 12.5. The van der Waals surface area contributed by atoms with Gasteiger partial charge in [-0.25, -0.2) is 4.79 Å². The predicted molar refractivity (Wildman–Crippen MR) is 88.2 cm³/mol. The highest BCUT2D eigenvalue weighted by molar-refractivity contribution is 6.00. The molecule has 0 radical (unpaired) electrons. The molecule has 0 spiro atoms. The van der Waals surface area contributed by atoms with Gasteiger partial charge in [0.25, 0.3) is 0 Å². The first kappa shape index (κ1) is 17.5. The third kappa shape index (κ3) is 2.90. The number of ketones is 1. The van der Waals surface area contributed by atoms with Gasteiger partial charge in [-0.05, 0) is 25.5 Å². The van der Waals surface area contributed by atoms with Crippen LogP contribution in [0, 0.1) is 11.8 Å². The van der Waals surface area contributed by atoms with Crippen LogP contribution in [-0.2, 0) is 28.6 Å². The second-order valence-electron chi connectivity index (χ2n) is 7.31. The monoisotopic (exact) mass is 346 g/mol. The highest BCUT2D eigenvalue weighted by atomic mass is 16.6. The Morgan fingerprint density at radius 1 is 1.40 bits per heavy atom. The molecule has 0 aromatic carbocycles. The molecule has 1 fully saturated rings. The second-order valence-corrected chi connectivity index (χ2v) is 7.31. The molecule has 3 rings (SSSR count). The zero-order valence-electron chi connectivity index (χ0n) is 14.8. The van der Waals surface area contributed by atoms with Crippen molar-refractivity contribution < 1.29 is 28.6 Å². The van der Waals surface area contributed by atoms with Gasteiger partial charge in [-0.2, -0.15) is 0 Å². The molecule has 2 bridgehead atoms. The van der Waals surface area contributed by atoms with Crippen molar-refractivity contribution in [1.29, 1.82) is 0 Å². The molecule has 3 aliphatic rings. The molecular formula is C19H22O6. The minimum atomic E-state index is -1.15. The summed E-state index contributed by atoms with van der Waals surface area (Å²) in [6.45, 7) is 10.7. The van der Waals surface area contributed by atoms with E-state index < -0.39 is 35.7 Å². The van der Waals surface area contributed by atoms with Crippen molar-refractivity contribution in [3.63, 3.8) is 0 Å². The number of rotatable bonds is 2. The van der Waals surface area contributed by atoms with Crippen molar-refractivity contribution in [2.45, 2.75) is 51.9 Å². The molecule has 0 aromatic heterocycles. The number of carbonyl (C=O) groups excluding carboxylic acids is 3. The molecule has 4 atom stereocenters. The molecule has 1 unspecified atom stereocenters. The summed E-state index contributed by atoms with van der Waals surface area (Å²) >= 11 is 0. The van der Waals surface area contributed by atoms with E-state index in [2.05, 4.69) is 6.58 Å². The first-order valence-corrected chi connectivity index (χ1v) is 8.36. The van der Waals surface area contributed by atoms with Crippen LogP contribution in [0.25, 0.3) is 0 Å². The van der Waals surface area contributed by atoms with Crippen LogP contribution in [0.15, 0.2) is 35.6 Å². The summed E-state index contributed by atoms with van der Waals surface area (Å²) in [5.41, 5.74) is -0.198. The van der Waals surface area contributed by atoms with Gasteiger partial charge in [-0.1, -0.05) is 20.4 Å². The lowest BCUT2D eigenvalue weighted by atomic mass is 9.82. The van der Waals surface area contributed by atoms with Crippen molar-refractivity contribution in [3.05, 3.63) is 35.6 Å². The van der Waals surface area contributed by atoms with Gasteiger partial charge in [0, 0.05) is 18.1 Å². The normalized spacial score (nSPS) is 36.4. The Morgan fingerprint density at radius 3 is 2.72 bits per heavy atom. The molecule has 0 aromatic rings. The molecule has 0 N–H and O–H groups in total. The van der Waals surface area contributed by atoms with E-state index in [1.54, 1.807) is 33.8 Å². The molecule has 134 valence electrons. The maximum absolute atomic E-state index is 12.5. The standard InChI is InChI=1S/C19H22O6/c1-9(2)17(21)24-14-8-19(5)15(20)7-12(25-19)10(3)6-13-16(14)11(4)18(22)23-13/h6-7,9,13-14,16H,4,8H2,1-3,5H3/b10-6-/t13-,14-,16?,19-/m1/s1. The van der Waals surface area contributed by atoms with E-state index in [0.29, 0.717) is 11.3 Å². The average Bonchev–Trinajstić information content (AvgIpc) is 2.96. The van der Waals surface area contributed by atoms with Crippen LogP contribution in [0.2, 0.25) is 0 Å². The fourth-order valence-corrected chi connectivity index (χ4v) is 3.35. The summed E-state index contributed by atoms with van der Waals surface area (Å²) in [7, 11) is 0. The smallest absolute Gasteiger partial charge is 0.334 e. The lowest BCUT2D eigenvalue weighted by molar-refractivity contribution is -0.161. The molecule has 0 aliphatic carbocycles. The van der Waals surface area contributed by atoms with Gasteiger partial charge in [-0.15, -0.1) is 0 Å². The Labute approximate surface area is 146 Å². The summed E-state index contributed by atoms with van der Waals surface area (Å²) < 4.78 is 16.9. The maximum Gasteiger partial charge on any atom is 0.334 e. The van der Waals surface area contributed by atoms with Gasteiger partial charge >= 0.3 is 11.9 Å². The van der Waals surface area contributed by atoms with Crippen LogP contribution < -0.4 is 0 Å². The minimum Gasteiger partial charge on any atom is -0.479 e. The van der Waals surface area contributed by atoms with Crippen molar-refractivity contribution >= 4 is 17.7 Å². The lowest BCUT2D eigenvalue weighted by Gasteiger charge is -2.31. The summed E-state index contributed by atoms with van der Waals surface area (Å²) in [4.78, 5) is 36.7. The van der Waals surface area contributed by atoms with E-state index >= 15 is 0 Å². The van der Waals surface area contributed by atoms with E-state index in [4.69, 9.17) is 14.2 Å². The van der Waals surface area contributed by atoms with Crippen molar-refractivity contribution in [1.82, 2.24) is 0 Å². The first-order valence-electron chi connectivity index (χ1n) is 8.36. The number of carbonyl (C=O) groups is 3. The van der Waals surface area contributed by atoms with Gasteiger partial charge in [0.05, 0.1) is 11.8 Å². The molecule has 3 heterocycles. The number of hydrogen-bond acceptors (Lipinski definition) is 6. The molecule has 25 heavy (non-hydrogen) atoms. The van der Waals surface area contributed by atoms with E-state index in [0.717, 1.165) is 0 Å². The molecule has 6 heteroatoms. The van der Waals surface area contributed by atoms with E-state index in [9.17, 15) is 14.4 Å². The Balaban J connectivity index is 2.05. The van der Waals surface area contributed by atoms with Crippen LogP contribution >= 0.6 is 0 Å². The van der Waals surface area contributed by atoms with Gasteiger partial charge in [0.2, 0.25) is 5.78 Å². The molecule has 0 saturated carbocycles. The SMILES string of the molecule is C=C1C(=O)O[C@@H]2/C=C(/C)C3=CC(=O)[C@@](C)(C[C@@H](OC(=O)C(C)C)C12)O3. The predicted octanol–water partition coefficient (Wildman–Crippen LogP) is 2.24. The largest absolute Gasteiger partial charge is 0.479 e. The van der Waals surface area contributed by atoms with E-state index in [1.807, 2.05) is 0 Å². The van der Waals surface area contributed by atoms with Gasteiger partial charge < -0.3 is 14.2 Å². The average molecular weight is 346 g/mol. The Kier molecular flexibility index (Phi) is 4.09. The van der Waals surface area contributed by atoms with Crippen molar-refractivity contribution in [2.75, 3.05) is 0 Å². The Morgan fingerprint density at radius 2 is 2.08 bits per heavy atom. The lowest BCUT2D eigenvalue weighted by Crippen LogP contribution is -2.43. The van der Waals surface area contributed by atoms with E-state index in [-0.39, 0.29) is 23.7 Å². The fourth-order valence-electron chi connectivity index (χ4n) is 3.35. The van der Waals surface area contributed by atoms with E-state index in [1.165, 1.54) is 6.08 Å². The summed E-state index contributed by atoms with van der Waals surface area (Å²) in [6, 6.07) is 0. The Bertz CT molecular complexity index is 728. The molecular weight excluding hydrogens is 324 g/mol. The number of allylic oxidation sites excluding steroid dienone is 1. The molecule has 0 amide bonds. The third-order valence-electron chi connectivity index (χ3n) is 4.91. The number of hydrogen-bond donors (Lipinski definition) is 0. The summed E-state index contributed by atoms with van der Waals surface area (Å²) in [5.74, 6) is -1.53. The van der Waals surface area contributed by atoms with Crippen LogP contribution in [0.1, 0.15) is 34.1 Å². The Hall–Kier alpha value is -2.37. The number of ether oxygens (including phenoxy) is 3.